The molecule has 1 rings (SSSR count). The first-order valence-electron chi connectivity index (χ1n) is 2.67. The summed E-state index contributed by atoms with van der Waals surface area (Å²) in [6.07, 6.45) is 1.97. The molecule has 1 aliphatic heterocycles. The summed E-state index contributed by atoms with van der Waals surface area (Å²) in [6.45, 7) is 3.78. The molecule has 0 aromatic rings. The van der Waals surface area contributed by atoms with E-state index in [4.69, 9.17) is 0 Å². The van der Waals surface area contributed by atoms with E-state index in [2.05, 4.69) is 13.8 Å². The van der Waals surface area contributed by atoms with Crippen molar-refractivity contribution in [3.8, 4) is 0 Å². The van der Waals surface area contributed by atoms with E-state index in [1.807, 2.05) is 20.1 Å². The van der Waals surface area contributed by atoms with E-state index in [0.29, 0.717) is 0 Å². The Morgan fingerprint density at radius 3 is 2.33 bits per heavy atom. The molecule has 1 atom stereocenters. The second-order valence-corrected chi connectivity index (χ2v) is 3.09. The van der Waals surface area contributed by atoms with Crippen molar-refractivity contribution in [3.63, 3.8) is 0 Å². The van der Waals surface area contributed by atoms with Crippen LogP contribution in [0.25, 0.3) is 0 Å². The monoisotopic (exact) mass is 143 g/mol. The molecule has 0 aromatic carbocycles. The summed E-state index contributed by atoms with van der Waals surface area (Å²) in [5.41, 5.74) is 0. The Balaban J connectivity index is 2.98. The molecule has 0 N–H and O–H groups in total. The average molecular weight is 143 g/mol. The standard InChI is InChI=1S/C5H9N3S/c1-4-6-5(2)8-9(3)7-4/h1-3H3. The molecular weight excluding hydrogens is 134 g/mol. The highest BCUT2D eigenvalue weighted by molar-refractivity contribution is 7.85. The molecule has 4 heteroatoms. The Morgan fingerprint density at radius 1 is 1.22 bits per heavy atom. The molecule has 50 valence electrons. The lowest BCUT2D eigenvalue weighted by Gasteiger charge is -2.01. The summed E-state index contributed by atoms with van der Waals surface area (Å²) >= 11 is 0. The Hall–Kier alpha value is -0.510. The zero-order chi connectivity index (χ0) is 6.85. The maximum Gasteiger partial charge on any atom is 0.136 e. The van der Waals surface area contributed by atoms with Crippen LogP contribution in [-0.2, 0) is 10.9 Å². The molecule has 0 spiro atoms. The van der Waals surface area contributed by atoms with Crippen molar-refractivity contribution in [1.29, 1.82) is 0 Å². The van der Waals surface area contributed by atoms with Gasteiger partial charge in [-0.3, -0.25) is 0 Å². The first kappa shape index (κ1) is 6.61. The normalized spacial score (nSPS) is 26.3. The second-order valence-electron chi connectivity index (χ2n) is 1.84. The van der Waals surface area contributed by atoms with E-state index >= 15 is 0 Å². The number of aliphatic imine (C=N–C) groups is 1. The highest BCUT2D eigenvalue weighted by Gasteiger charge is 1.97. The quantitative estimate of drug-likeness (QED) is 0.488. The molecule has 9 heavy (non-hydrogen) atoms. The molecular formula is C5H9N3S. The first-order chi connectivity index (χ1) is 4.18. The van der Waals surface area contributed by atoms with Crippen molar-refractivity contribution >= 4 is 22.5 Å². The maximum atomic E-state index is 4.12. The van der Waals surface area contributed by atoms with Gasteiger partial charge < -0.3 is 0 Å². The average Bonchev–Trinajstić information content (AvgIpc) is 1.59. The lowest BCUT2D eigenvalue weighted by molar-refractivity contribution is 1.46. The number of hydrogen-bond donors (Lipinski definition) is 0. The lowest BCUT2D eigenvalue weighted by Crippen LogP contribution is -2.01. The molecule has 0 saturated carbocycles. The SMILES string of the molecule is CC1=NC(C)=NS(C)=N1. The molecule has 0 amide bonds. The molecule has 3 nitrogen and oxygen atoms in total. The zero-order valence-electron chi connectivity index (χ0n) is 5.75. The van der Waals surface area contributed by atoms with Gasteiger partial charge in [-0.05, 0) is 13.8 Å². The topological polar surface area (TPSA) is 37.1 Å². The van der Waals surface area contributed by atoms with Crippen molar-refractivity contribution in [2.45, 2.75) is 13.8 Å². The van der Waals surface area contributed by atoms with Crippen molar-refractivity contribution in [2.24, 2.45) is 13.8 Å². The van der Waals surface area contributed by atoms with E-state index in [-0.39, 0.29) is 10.9 Å². The fourth-order valence-electron chi connectivity index (χ4n) is 0.678. The van der Waals surface area contributed by atoms with Gasteiger partial charge in [0.2, 0.25) is 0 Å². The summed E-state index contributed by atoms with van der Waals surface area (Å²) in [7, 11) is -0.168. The number of amidine groups is 2. The number of nitrogens with zero attached hydrogens (tertiary/aromatic N) is 3. The van der Waals surface area contributed by atoms with Gasteiger partial charge in [0.05, 0.1) is 0 Å². The van der Waals surface area contributed by atoms with Crippen molar-refractivity contribution in [1.82, 2.24) is 0 Å². The third-order valence-electron chi connectivity index (χ3n) is 0.852. The van der Waals surface area contributed by atoms with Crippen LogP contribution in [0.1, 0.15) is 13.8 Å². The molecule has 0 saturated heterocycles. The highest BCUT2D eigenvalue weighted by Crippen LogP contribution is 1.98. The largest absolute Gasteiger partial charge is 0.217 e. The van der Waals surface area contributed by atoms with Crippen LogP contribution in [0.2, 0.25) is 0 Å². The Kier molecular flexibility index (Phi) is 1.75. The van der Waals surface area contributed by atoms with Gasteiger partial charge in [-0.1, -0.05) is 0 Å². The van der Waals surface area contributed by atoms with E-state index in [9.17, 15) is 0 Å². The van der Waals surface area contributed by atoms with E-state index in [1.165, 1.54) is 0 Å². The predicted octanol–water partition coefficient (Wildman–Crippen LogP) is 1.18. The van der Waals surface area contributed by atoms with Crippen LogP contribution in [0.15, 0.2) is 13.8 Å². The number of hydrogen-bond acceptors (Lipinski definition) is 3. The minimum Gasteiger partial charge on any atom is -0.217 e. The van der Waals surface area contributed by atoms with E-state index in [1.54, 1.807) is 0 Å². The van der Waals surface area contributed by atoms with Crippen molar-refractivity contribution in [2.75, 3.05) is 6.26 Å². The van der Waals surface area contributed by atoms with Crippen LogP contribution in [0.3, 0.4) is 0 Å². The summed E-state index contributed by atoms with van der Waals surface area (Å²) in [5, 5.41) is 0. The summed E-state index contributed by atoms with van der Waals surface area (Å²) in [6, 6.07) is 0. The minimum absolute atomic E-state index is 0.168. The Bertz CT molecular complexity index is 168. The summed E-state index contributed by atoms with van der Waals surface area (Å²) in [4.78, 5) is 4.04. The van der Waals surface area contributed by atoms with Crippen molar-refractivity contribution < 1.29 is 0 Å². The van der Waals surface area contributed by atoms with Gasteiger partial charge in [-0.2, -0.15) is 8.76 Å². The van der Waals surface area contributed by atoms with Crippen LogP contribution in [0, 0.1) is 0 Å². The third-order valence-corrected chi connectivity index (χ3v) is 1.91. The molecule has 1 aliphatic rings. The first-order valence-corrected chi connectivity index (χ1v) is 4.21. The number of rotatable bonds is 0. The second kappa shape index (κ2) is 2.39. The molecule has 0 bridgehead atoms. The summed E-state index contributed by atoms with van der Waals surface area (Å²) in [5.74, 6) is 1.68. The van der Waals surface area contributed by atoms with Gasteiger partial charge >= 0.3 is 0 Å². The lowest BCUT2D eigenvalue weighted by atomic mass is 10.6. The molecule has 1 unspecified atom stereocenters. The fraction of sp³-hybridized carbons (Fsp3) is 0.600. The molecule has 0 aromatic heterocycles. The van der Waals surface area contributed by atoms with Crippen LogP contribution in [0.4, 0.5) is 0 Å². The minimum atomic E-state index is -0.168. The predicted molar refractivity (Wildman–Crippen MR) is 41.9 cm³/mol. The molecule has 0 fully saturated rings. The fourth-order valence-corrected chi connectivity index (χ4v) is 1.57. The third kappa shape index (κ3) is 1.71. The molecule has 1 heterocycles. The maximum absolute atomic E-state index is 4.12. The Morgan fingerprint density at radius 2 is 1.89 bits per heavy atom. The summed E-state index contributed by atoms with van der Waals surface area (Å²) < 4.78 is 8.25. The van der Waals surface area contributed by atoms with Crippen LogP contribution < -0.4 is 0 Å². The smallest absolute Gasteiger partial charge is 0.136 e. The van der Waals surface area contributed by atoms with E-state index in [0.717, 1.165) is 11.7 Å². The van der Waals surface area contributed by atoms with Gasteiger partial charge in [-0.25, -0.2) is 4.99 Å². The highest BCUT2D eigenvalue weighted by atomic mass is 32.2. The van der Waals surface area contributed by atoms with Crippen LogP contribution in [-0.4, -0.2) is 17.9 Å². The van der Waals surface area contributed by atoms with Gasteiger partial charge in [0, 0.05) is 17.1 Å². The Labute approximate surface area is 57.1 Å². The van der Waals surface area contributed by atoms with Gasteiger partial charge in [0.1, 0.15) is 11.7 Å². The zero-order valence-corrected chi connectivity index (χ0v) is 6.57. The van der Waals surface area contributed by atoms with Crippen molar-refractivity contribution in [3.05, 3.63) is 0 Å². The molecule has 0 radical (unpaired) electrons. The molecule has 0 aliphatic carbocycles. The van der Waals surface area contributed by atoms with Gasteiger partial charge in [-0.15, -0.1) is 0 Å². The van der Waals surface area contributed by atoms with Gasteiger partial charge in [0.15, 0.2) is 0 Å². The van der Waals surface area contributed by atoms with Crippen LogP contribution in [0.5, 0.6) is 0 Å². The van der Waals surface area contributed by atoms with Crippen LogP contribution >= 0.6 is 0 Å². The van der Waals surface area contributed by atoms with E-state index < -0.39 is 0 Å². The van der Waals surface area contributed by atoms with Gasteiger partial charge in [0.25, 0.3) is 0 Å².